The average Bonchev–Trinajstić information content (AvgIpc) is 2.43. The van der Waals surface area contributed by atoms with E-state index in [0.717, 1.165) is 11.3 Å². The second kappa shape index (κ2) is 5.66. The van der Waals surface area contributed by atoms with Crippen LogP contribution in [-0.2, 0) is 16.3 Å². The van der Waals surface area contributed by atoms with Crippen LogP contribution in [-0.4, -0.2) is 31.2 Å². The molecule has 1 aliphatic heterocycles. The molecule has 1 aliphatic rings. The number of nitriles is 1. The van der Waals surface area contributed by atoms with E-state index in [-0.39, 0.29) is 11.9 Å². The molecule has 114 valence electrons. The summed E-state index contributed by atoms with van der Waals surface area (Å²) < 4.78 is 29.8. The average molecular weight is 308 g/mol. The number of hydrogen-bond acceptors (Lipinski definition) is 5. The predicted molar refractivity (Wildman–Crippen MR) is 80.6 cm³/mol. The van der Waals surface area contributed by atoms with Crippen molar-refractivity contribution in [2.24, 2.45) is 0 Å². The van der Waals surface area contributed by atoms with Gasteiger partial charge in [0.05, 0.1) is 12.1 Å². The van der Waals surface area contributed by atoms with Gasteiger partial charge in [0, 0.05) is 0 Å². The lowest BCUT2D eigenvalue weighted by molar-refractivity contribution is 0.0507. The molecule has 6 heteroatoms. The first kappa shape index (κ1) is 15.8. The first-order valence-corrected chi connectivity index (χ1v) is 8.59. The third-order valence-corrected chi connectivity index (χ3v) is 5.61. The fourth-order valence-electron chi connectivity index (χ4n) is 2.33. The minimum Gasteiger partial charge on any atom is -0.486 e. The van der Waals surface area contributed by atoms with Crippen molar-refractivity contribution in [3.8, 4) is 11.8 Å². The van der Waals surface area contributed by atoms with Gasteiger partial charge in [0.2, 0.25) is 0 Å². The zero-order chi connectivity index (χ0) is 15.7. The van der Waals surface area contributed by atoms with Crippen molar-refractivity contribution in [1.82, 2.24) is 5.32 Å². The molecule has 1 aromatic rings. The van der Waals surface area contributed by atoms with E-state index in [0.29, 0.717) is 6.42 Å². The SMILES string of the molecule is CC(C#N)S(=O)(=O)CNC1Cc2ccccc2OC1(C)C. The minimum absolute atomic E-state index is 0.131. The summed E-state index contributed by atoms with van der Waals surface area (Å²) in [6.07, 6.45) is 0.694. The van der Waals surface area contributed by atoms with E-state index >= 15 is 0 Å². The zero-order valence-electron chi connectivity index (χ0n) is 12.5. The molecule has 5 nitrogen and oxygen atoms in total. The normalized spacial score (nSPS) is 21.7. The molecule has 0 amide bonds. The molecule has 2 rings (SSSR count). The van der Waals surface area contributed by atoms with E-state index < -0.39 is 20.7 Å². The maximum Gasteiger partial charge on any atom is 0.179 e. The van der Waals surface area contributed by atoms with Crippen LogP contribution in [0.25, 0.3) is 0 Å². The van der Waals surface area contributed by atoms with Crippen molar-refractivity contribution in [2.75, 3.05) is 5.88 Å². The Kier molecular flexibility index (Phi) is 4.26. The van der Waals surface area contributed by atoms with Gasteiger partial charge >= 0.3 is 0 Å². The van der Waals surface area contributed by atoms with Crippen molar-refractivity contribution < 1.29 is 13.2 Å². The summed E-state index contributed by atoms with van der Waals surface area (Å²) in [5.74, 6) is 0.621. The van der Waals surface area contributed by atoms with Gasteiger partial charge in [0.25, 0.3) is 0 Å². The van der Waals surface area contributed by atoms with Crippen LogP contribution in [0, 0.1) is 11.3 Å². The molecule has 21 heavy (non-hydrogen) atoms. The molecule has 2 atom stereocenters. The van der Waals surface area contributed by atoms with Gasteiger partial charge < -0.3 is 4.74 Å². The van der Waals surface area contributed by atoms with Crippen molar-refractivity contribution in [2.45, 2.75) is 44.1 Å². The van der Waals surface area contributed by atoms with Gasteiger partial charge in [-0.2, -0.15) is 5.26 Å². The Morgan fingerprint density at radius 3 is 2.81 bits per heavy atom. The van der Waals surface area contributed by atoms with Gasteiger partial charge in [-0.05, 0) is 38.8 Å². The Hall–Kier alpha value is -1.58. The molecule has 0 saturated carbocycles. The fraction of sp³-hybridized carbons (Fsp3) is 0.533. The number of hydrogen-bond donors (Lipinski definition) is 1. The number of nitrogens with zero attached hydrogens (tertiary/aromatic N) is 1. The summed E-state index contributed by atoms with van der Waals surface area (Å²) in [6, 6.07) is 9.39. The van der Waals surface area contributed by atoms with Crippen molar-refractivity contribution in [1.29, 1.82) is 5.26 Å². The molecule has 0 saturated heterocycles. The number of sulfone groups is 1. The number of fused-ring (bicyclic) bond motifs is 1. The molecule has 1 N–H and O–H groups in total. The molecule has 1 aromatic carbocycles. The Bertz CT molecular complexity index is 662. The Morgan fingerprint density at radius 1 is 1.48 bits per heavy atom. The highest BCUT2D eigenvalue weighted by Crippen LogP contribution is 2.32. The molecule has 0 fully saturated rings. The maximum absolute atomic E-state index is 11.9. The van der Waals surface area contributed by atoms with Crippen LogP contribution in [0.5, 0.6) is 5.75 Å². The third-order valence-electron chi connectivity index (χ3n) is 3.86. The van der Waals surface area contributed by atoms with E-state index in [2.05, 4.69) is 5.32 Å². The van der Waals surface area contributed by atoms with Crippen molar-refractivity contribution in [3.05, 3.63) is 29.8 Å². The smallest absolute Gasteiger partial charge is 0.179 e. The molecule has 0 aliphatic carbocycles. The highest BCUT2D eigenvalue weighted by Gasteiger charge is 2.37. The largest absolute Gasteiger partial charge is 0.486 e. The summed E-state index contributed by atoms with van der Waals surface area (Å²) in [4.78, 5) is 0. The van der Waals surface area contributed by atoms with E-state index in [1.165, 1.54) is 6.92 Å². The Balaban J connectivity index is 2.13. The third kappa shape index (κ3) is 3.36. The number of benzene rings is 1. The number of nitrogens with one attached hydrogen (secondary N) is 1. The van der Waals surface area contributed by atoms with Crippen LogP contribution in [0.1, 0.15) is 26.3 Å². The van der Waals surface area contributed by atoms with E-state index in [9.17, 15) is 8.42 Å². The topological polar surface area (TPSA) is 79.2 Å². The molecular weight excluding hydrogens is 288 g/mol. The van der Waals surface area contributed by atoms with Gasteiger partial charge in [-0.3, -0.25) is 5.32 Å². The second-order valence-electron chi connectivity index (χ2n) is 5.85. The van der Waals surface area contributed by atoms with Gasteiger partial charge in [0.15, 0.2) is 9.84 Å². The van der Waals surface area contributed by atoms with Crippen LogP contribution in [0.15, 0.2) is 24.3 Å². The Morgan fingerprint density at radius 2 is 2.14 bits per heavy atom. The zero-order valence-corrected chi connectivity index (χ0v) is 13.3. The minimum atomic E-state index is -3.47. The van der Waals surface area contributed by atoms with E-state index in [1.807, 2.05) is 38.1 Å². The lowest BCUT2D eigenvalue weighted by Crippen LogP contribution is -2.55. The summed E-state index contributed by atoms with van der Waals surface area (Å²) in [5, 5.41) is 10.8. The van der Waals surface area contributed by atoms with Crippen LogP contribution >= 0.6 is 0 Å². The van der Waals surface area contributed by atoms with Gasteiger partial charge in [0.1, 0.15) is 22.5 Å². The quantitative estimate of drug-likeness (QED) is 0.915. The summed E-state index contributed by atoms with van der Waals surface area (Å²) >= 11 is 0. The standard InChI is InChI=1S/C15H20N2O3S/c1-11(9-16)21(18,19)10-17-14-8-12-6-4-5-7-13(12)20-15(14,2)3/h4-7,11,14,17H,8,10H2,1-3H3. The van der Waals surface area contributed by atoms with Gasteiger partial charge in [-0.1, -0.05) is 18.2 Å². The van der Waals surface area contributed by atoms with E-state index in [4.69, 9.17) is 10.00 Å². The maximum atomic E-state index is 11.9. The molecular formula is C15H20N2O3S. The predicted octanol–water partition coefficient (Wildman–Crippen LogP) is 1.64. The highest BCUT2D eigenvalue weighted by molar-refractivity contribution is 7.92. The van der Waals surface area contributed by atoms with E-state index in [1.54, 1.807) is 6.07 Å². The van der Waals surface area contributed by atoms with Crippen molar-refractivity contribution >= 4 is 9.84 Å². The molecule has 0 spiro atoms. The molecule has 0 bridgehead atoms. The second-order valence-corrected chi connectivity index (χ2v) is 8.17. The molecule has 1 heterocycles. The Labute approximate surface area is 125 Å². The first-order chi connectivity index (χ1) is 9.76. The first-order valence-electron chi connectivity index (χ1n) is 6.88. The van der Waals surface area contributed by atoms with Gasteiger partial charge in [-0.15, -0.1) is 0 Å². The number of rotatable bonds is 4. The van der Waals surface area contributed by atoms with Crippen LogP contribution in [0.4, 0.5) is 0 Å². The lowest BCUT2D eigenvalue weighted by Gasteiger charge is -2.40. The van der Waals surface area contributed by atoms with Crippen molar-refractivity contribution in [3.63, 3.8) is 0 Å². The van der Waals surface area contributed by atoms with Crippen LogP contribution in [0.2, 0.25) is 0 Å². The molecule has 0 radical (unpaired) electrons. The number of ether oxygens (including phenoxy) is 1. The highest BCUT2D eigenvalue weighted by atomic mass is 32.2. The lowest BCUT2D eigenvalue weighted by atomic mass is 9.89. The van der Waals surface area contributed by atoms with Crippen LogP contribution < -0.4 is 10.1 Å². The summed E-state index contributed by atoms with van der Waals surface area (Å²) in [5.41, 5.74) is 0.541. The fourth-order valence-corrected chi connectivity index (χ4v) is 3.18. The summed E-state index contributed by atoms with van der Waals surface area (Å²) in [6.45, 7) is 5.26. The summed E-state index contributed by atoms with van der Waals surface area (Å²) in [7, 11) is -3.47. The van der Waals surface area contributed by atoms with Gasteiger partial charge in [-0.25, -0.2) is 8.42 Å². The molecule has 0 aromatic heterocycles. The molecule has 2 unspecified atom stereocenters. The monoisotopic (exact) mass is 308 g/mol. The van der Waals surface area contributed by atoms with Crippen LogP contribution in [0.3, 0.4) is 0 Å². The number of para-hydroxylation sites is 1.